The molecule has 3 rings (SSSR count). The van der Waals surface area contributed by atoms with E-state index < -0.39 is 16.8 Å². The summed E-state index contributed by atoms with van der Waals surface area (Å²) in [7, 11) is 0. The maximum atomic E-state index is 11.8. The molecular weight excluding hydrogens is 342 g/mol. The molecule has 3 aromatic rings. The second-order valence-corrected chi connectivity index (χ2v) is 5.19. The molecule has 2 aromatic heterocycles. The predicted octanol–water partition coefficient (Wildman–Crippen LogP) is 1.87. The Morgan fingerprint density at radius 2 is 2.08 bits per heavy atom. The molecule has 0 fully saturated rings. The third-order valence-corrected chi connectivity index (χ3v) is 3.54. The molecule has 26 heavy (non-hydrogen) atoms. The van der Waals surface area contributed by atoms with Crippen molar-refractivity contribution in [3.05, 3.63) is 57.9 Å². The van der Waals surface area contributed by atoms with E-state index in [1.165, 1.54) is 27.6 Å². The fourth-order valence-electron chi connectivity index (χ4n) is 2.45. The Morgan fingerprint density at radius 3 is 2.73 bits per heavy atom. The molecule has 0 saturated carbocycles. The fourth-order valence-corrected chi connectivity index (χ4v) is 2.45. The number of rotatable bonds is 6. The van der Waals surface area contributed by atoms with Crippen molar-refractivity contribution in [1.82, 2.24) is 9.24 Å². The molecule has 0 aliphatic rings. The summed E-state index contributed by atoms with van der Waals surface area (Å²) in [5.74, 6) is -0.683. The van der Waals surface area contributed by atoms with Gasteiger partial charge in [-0.3, -0.25) is 24.9 Å². The summed E-state index contributed by atoms with van der Waals surface area (Å²) in [6, 6.07) is 9.70. The van der Waals surface area contributed by atoms with Crippen LogP contribution >= 0.6 is 0 Å². The highest BCUT2D eigenvalue weighted by Crippen LogP contribution is 2.15. The van der Waals surface area contributed by atoms with Crippen molar-refractivity contribution >= 4 is 29.1 Å². The van der Waals surface area contributed by atoms with E-state index in [0.717, 1.165) is 0 Å². The van der Waals surface area contributed by atoms with Gasteiger partial charge in [0, 0.05) is 0 Å². The van der Waals surface area contributed by atoms with Crippen molar-refractivity contribution in [3.63, 3.8) is 0 Å². The lowest BCUT2D eigenvalue weighted by molar-refractivity contribution is -0.402. The van der Waals surface area contributed by atoms with Crippen molar-refractivity contribution in [2.75, 3.05) is 6.61 Å². The number of nitrogens with zero attached hydrogens (tertiary/aromatic N) is 4. The number of para-hydroxylation sites is 2. The third-order valence-electron chi connectivity index (χ3n) is 3.54. The van der Waals surface area contributed by atoms with Gasteiger partial charge < -0.3 is 9.15 Å². The first kappa shape index (κ1) is 17.1. The fraction of sp³-hybridized carbons (Fsp3) is 0.188. The lowest BCUT2D eigenvalue weighted by atomic mass is 10.3. The number of ether oxygens (including phenoxy) is 1. The summed E-state index contributed by atoms with van der Waals surface area (Å²) in [6.07, 6.45) is 1.27. The van der Waals surface area contributed by atoms with Crippen LogP contribution in [0, 0.1) is 15.5 Å². The summed E-state index contributed by atoms with van der Waals surface area (Å²) in [5.41, 5.74) is 1.18. The number of furan rings is 1. The number of nitrogens with one attached hydrogen (secondary N) is 1. The lowest BCUT2D eigenvalue weighted by Crippen LogP contribution is -2.26. The second kappa shape index (κ2) is 7.05. The van der Waals surface area contributed by atoms with Gasteiger partial charge in [-0.15, -0.1) is 0 Å². The molecule has 0 unspecified atom stereocenters. The van der Waals surface area contributed by atoms with Gasteiger partial charge in [-0.05, 0) is 25.1 Å². The normalized spacial score (nSPS) is 11.3. The van der Waals surface area contributed by atoms with E-state index in [-0.39, 0.29) is 24.5 Å². The molecule has 0 radical (unpaired) electrons. The number of hydrogen-bond donors (Lipinski definition) is 1. The van der Waals surface area contributed by atoms with Gasteiger partial charge in [-0.25, -0.2) is 0 Å². The summed E-state index contributed by atoms with van der Waals surface area (Å²) in [5, 5.41) is 23.1. The third kappa shape index (κ3) is 3.24. The Hall–Kier alpha value is -3.69. The molecule has 0 atom stereocenters. The molecule has 1 aromatic carbocycles. The predicted molar refractivity (Wildman–Crippen MR) is 90.8 cm³/mol. The molecule has 0 bridgehead atoms. The van der Waals surface area contributed by atoms with Crippen LogP contribution in [0.2, 0.25) is 0 Å². The molecule has 134 valence electrons. The Labute approximate surface area is 146 Å². The van der Waals surface area contributed by atoms with Crippen LogP contribution in [-0.2, 0) is 16.1 Å². The van der Waals surface area contributed by atoms with E-state index in [1.807, 2.05) is 0 Å². The van der Waals surface area contributed by atoms with Gasteiger partial charge in [-0.1, -0.05) is 12.1 Å². The Morgan fingerprint density at radius 1 is 1.35 bits per heavy atom. The summed E-state index contributed by atoms with van der Waals surface area (Å²) < 4.78 is 12.7. The van der Waals surface area contributed by atoms with Crippen LogP contribution in [-0.4, -0.2) is 33.0 Å². The molecule has 0 aliphatic heterocycles. The van der Waals surface area contributed by atoms with Crippen LogP contribution in [0.15, 0.2) is 45.9 Å². The number of nitro groups is 1. The van der Waals surface area contributed by atoms with E-state index in [9.17, 15) is 14.9 Å². The molecule has 2 heterocycles. The second-order valence-electron chi connectivity index (χ2n) is 5.19. The number of carbonyl (C=O) groups is 1. The molecule has 10 heteroatoms. The standard InChI is InChI=1S/C16H15N5O5/c1-2-25-15(22)10-19-12-5-3-4-6-13(12)20(16(19)17)18-9-11-7-8-14(26-11)21(23)24/h3-9,17H,2,10H2,1H3/b17-16?,18-9+. The smallest absolute Gasteiger partial charge is 0.433 e. The monoisotopic (exact) mass is 357 g/mol. The molecule has 0 spiro atoms. The van der Waals surface area contributed by atoms with Gasteiger partial charge in [0.1, 0.15) is 11.5 Å². The average molecular weight is 357 g/mol. The zero-order chi connectivity index (χ0) is 18.7. The van der Waals surface area contributed by atoms with Crippen LogP contribution < -0.4 is 5.62 Å². The largest absolute Gasteiger partial charge is 0.465 e. The van der Waals surface area contributed by atoms with Crippen molar-refractivity contribution in [2.24, 2.45) is 5.10 Å². The van der Waals surface area contributed by atoms with Gasteiger partial charge in [-0.2, -0.15) is 9.78 Å². The highest BCUT2D eigenvalue weighted by molar-refractivity contribution is 5.80. The molecule has 0 saturated heterocycles. The number of aromatic nitrogens is 2. The van der Waals surface area contributed by atoms with Gasteiger partial charge in [0.25, 0.3) is 0 Å². The quantitative estimate of drug-likeness (QED) is 0.312. The SMILES string of the molecule is CCOC(=O)Cn1c(=N)n(/N=C/c2ccc([N+](=O)[O-])o2)c2ccccc21. The first-order valence-corrected chi connectivity index (χ1v) is 7.70. The highest BCUT2D eigenvalue weighted by atomic mass is 16.6. The maximum absolute atomic E-state index is 11.8. The minimum Gasteiger partial charge on any atom is -0.465 e. The van der Waals surface area contributed by atoms with Crippen molar-refractivity contribution in [1.29, 1.82) is 5.41 Å². The highest BCUT2D eigenvalue weighted by Gasteiger charge is 2.14. The van der Waals surface area contributed by atoms with Gasteiger partial charge in [0.15, 0.2) is 5.76 Å². The van der Waals surface area contributed by atoms with Crippen LogP contribution in [0.5, 0.6) is 0 Å². The van der Waals surface area contributed by atoms with Gasteiger partial charge in [0.05, 0.1) is 29.9 Å². The molecular formula is C16H15N5O5. The summed E-state index contributed by atoms with van der Waals surface area (Å²) >= 11 is 0. The zero-order valence-corrected chi connectivity index (χ0v) is 13.8. The van der Waals surface area contributed by atoms with Gasteiger partial charge >= 0.3 is 11.9 Å². The summed E-state index contributed by atoms with van der Waals surface area (Å²) in [6.45, 7) is 1.84. The van der Waals surface area contributed by atoms with Crippen molar-refractivity contribution in [3.8, 4) is 0 Å². The average Bonchev–Trinajstić information content (AvgIpc) is 3.18. The number of carbonyl (C=O) groups excluding carboxylic acids is 1. The van der Waals surface area contributed by atoms with E-state index >= 15 is 0 Å². The number of fused-ring (bicyclic) bond motifs is 1. The van der Waals surface area contributed by atoms with Gasteiger partial charge in [0.2, 0.25) is 5.62 Å². The zero-order valence-electron chi connectivity index (χ0n) is 13.8. The minimum absolute atomic E-state index is 0.0449. The molecule has 0 aliphatic carbocycles. The number of imidazole rings is 1. The van der Waals surface area contributed by atoms with Crippen LogP contribution in [0.25, 0.3) is 11.0 Å². The van der Waals surface area contributed by atoms with E-state index in [2.05, 4.69) is 5.10 Å². The molecule has 0 amide bonds. The number of hydrogen-bond acceptors (Lipinski definition) is 7. The minimum atomic E-state index is -0.647. The first-order chi connectivity index (χ1) is 12.5. The Kier molecular flexibility index (Phi) is 4.65. The van der Waals surface area contributed by atoms with E-state index in [4.69, 9.17) is 14.6 Å². The van der Waals surface area contributed by atoms with Crippen LogP contribution in [0.3, 0.4) is 0 Å². The maximum Gasteiger partial charge on any atom is 0.433 e. The molecule has 1 N–H and O–H groups in total. The van der Waals surface area contributed by atoms with E-state index in [0.29, 0.717) is 11.0 Å². The van der Waals surface area contributed by atoms with Crippen LogP contribution in [0.4, 0.5) is 5.88 Å². The number of benzene rings is 1. The lowest BCUT2D eigenvalue weighted by Gasteiger charge is -2.03. The molecule has 10 nitrogen and oxygen atoms in total. The van der Waals surface area contributed by atoms with E-state index in [1.54, 1.807) is 31.2 Å². The Bertz CT molecular complexity index is 1060. The van der Waals surface area contributed by atoms with Crippen molar-refractivity contribution in [2.45, 2.75) is 13.5 Å². The first-order valence-electron chi connectivity index (χ1n) is 7.70. The van der Waals surface area contributed by atoms with Crippen LogP contribution in [0.1, 0.15) is 12.7 Å². The Balaban J connectivity index is 2.01. The van der Waals surface area contributed by atoms with Crippen molar-refractivity contribution < 1.29 is 18.9 Å². The number of esters is 1. The summed E-state index contributed by atoms with van der Waals surface area (Å²) in [4.78, 5) is 21.8. The topological polar surface area (TPSA) is 129 Å².